The minimum atomic E-state index is -0.255. The molecular formula is C20H16N2O4. The van der Waals surface area contributed by atoms with E-state index in [0.29, 0.717) is 39.1 Å². The molecule has 6 nitrogen and oxygen atoms in total. The number of rotatable bonds is 5. The van der Waals surface area contributed by atoms with Gasteiger partial charge in [-0.15, -0.1) is 0 Å². The summed E-state index contributed by atoms with van der Waals surface area (Å²) in [5.74, 6) is 1.34. The monoisotopic (exact) mass is 348 g/mol. The zero-order chi connectivity index (χ0) is 18.7. The normalized spacial score (nSPS) is 10.2. The molecule has 0 aliphatic carbocycles. The molecule has 0 atom stereocenters. The number of aromatic nitrogens is 1. The van der Waals surface area contributed by atoms with E-state index in [4.69, 9.17) is 14.2 Å². The molecule has 6 heteroatoms. The van der Waals surface area contributed by atoms with Gasteiger partial charge in [0, 0.05) is 22.5 Å². The molecule has 1 heterocycles. The van der Waals surface area contributed by atoms with E-state index in [0.717, 1.165) is 0 Å². The lowest BCUT2D eigenvalue weighted by atomic mass is 9.99. The molecule has 0 unspecified atom stereocenters. The van der Waals surface area contributed by atoms with Crippen LogP contribution in [0, 0.1) is 11.3 Å². The molecule has 3 aromatic rings. The van der Waals surface area contributed by atoms with Crippen LogP contribution in [0.2, 0.25) is 0 Å². The fourth-order valence-electron chi connectivity index (χ4n) is 2.72. The van der Waals surface area contributed by atoms with Gasteiger partial charge in [0.05, 0.1) is 26.9 Å². The molecule has 0 aliphatic heterocycles. The van der Waals surface area contributed by atoms with E-state index in [9.17, 15) is 10.1 Å². The van der Waals surface area contributed by atoms with Gasteiger partial charge in [0.2, 0.25) is 5.78 Å². The van der Waals surface area contributed by atoms with Crippen molar-refractivity contribution in [3.05, 3.63) is 59.4 Å². The summed E-state index contributed by atoms with van der Waals surface area (Å²) in [5, 5.41) is 10.5. The lowest BCUT2D eigenvalue weighted by Gasteiger charge is -2.12. The number of methoxy groups -OCH3 is 3. The SMILES string of the molecule is COc1ccc(C(=O)c2ncc(C#N)c3cc(OC)c(OC)cc23)cc1. The van der Waals surface area contributed by atoms with E-state index in [1.165, 1.54) is 20.4 Å². The minimum Gasteiger partial charge on any atom is -0.497 e. The predicted molar refractivity (Wildman–Crippen MR) is 96.0 cm³/mol. The Balaban J connectivity index is 2.22. The molecular weight excluding hydrogens is 332 g/mol. The van der Waals surface area contributed by atoms with Crippen LogP contribution in [0.25, 0.3) is 10.8 Å². The molecule has 0 saturated heterocycles. The third-order valence-corrected chi connectivity index (χ3v) is 4.08. The van der Waals surface area contributed by atoms with Gasteiger partial charge in [-0.05, 0) is 36.4 Å². The van der Waals surface area contributed by atoms with Gasteiger partial charge in [-0.2, -0.15) is 5.26 Å². The maximum Gasteiger partial charge on any atom is 0.211 e. The number of nitriles is 1. The molecule has 0 radical (unpaired) electrons. The Hall–Kier alpha value is -3.59. The first-order valence-electron chi connectivity index (χ1n) is 7.76. The summed E-state index contributed by atoms with van der Waals surface area (Å²) in [6.07, 6.45) is 1.39. The minimum absolute atomic E-state index is 0.241. The molecule has 1 aromatic heterocycles. The second kappa shape index (κ2) is 7.11. The van der Waals surface area contributed by atoms with Crippen molar-refractivity contribution >= 4 is 16.6 Å². The van der Waals surface area contributed by atoms with Crippen LogP contribution in [0.5, 0.6) is 17.2 Å². The molecule has 0 amide bonds. The average Bonchev–Trinajstić information content (AvgIpc) is 2.71. The number of carbonyl (C=O) groups excluding carboxylic acids is 1. The van der Waals surface area contributed by atoms with E-state index in [1.54, 1.807) is 43.5 Å². The van der Waals surface area contributed by atoms with Crippen molar-refractivity contribution in [2.75, 3.05) is 21.3 Å². The van der Waals surface area contributed by atoms with E-state index in [2.05, 4.69) is 11.1 Å². The maximum atomic E-state index is 13.0. The summed E-state index contributed by atoms with van der Waals surface area (Å²) < 4.78 is 15.7. The smallest absolute Gasteiger partial charge is 0.211 e. The number of carbonyl (C=O) groups is 1. The van der Waals surface area contributed by atoms with Gasteiger partial charge in [-0.25, -0.2) is 0 Å². The molecule has 0 saturated carbocycles. The van der Waals surface area contributed by atoms with Crippen LogP contribution in [0.15, 0.2) is 42.6 Å². The summed E-state index contributed by atoms with van der Waals surface area (Å²) in [6, 6.07) is 12.2. The Bertz CT molecular complexity index is 1020. The summed E-state index contributed by atoms with van der Waals surface area (Å²) in [7, 11) is 4.59. The summed E-state index contributed by atoms with van der Waals surface area (Å²) in [5.41, 5.74) is 1.07. The fourth-order valence-corrected chi connectivity index (χ4v) is 2.72. The Kier molecular flexibility index (Phi) is 4.72. The molecule has 0 aliphatic rings. The van der Waals surface area contributed by atoms with Crippen molar-refractivity contribution < 1.29 is 19.0 Å². The summed E-state index contributed by atoms with van der Waals surface area (Å²) in [6.45, 7) is 0. The standard InChI is InChI=1S/C20H16N2O4/c1-24-14-6-4-12(5-7-14)20(23)19-16-9-18(26-3)17(25-2)8-15(16)13(10-21)11-22-19/h4-9,11H,1-3H3. The maximum absolute atomic E-state index is 13.0. The van der Waals surface area contributed by atoms with E-state index in [1.807, 2.05) is 0 Å². The van der Waals surface area contributed by atoms with Gasteiger partial charge in [0.25, 0.3) is 0 Å². The van der Waals surface area contributed by atoms with Crippen LogP contribution in [0.3, 0.4) is 0 Å². The van der Waals surface area contributed by atoms with Crippen molar-refractivity contribution in [1.29, 1.82) is 5.26 Å². The molecule has 130 valence electrons. The first kappa shape index (κ1) is 17.2. The molecule has 0 spiro atoms. The number of fused-ring (bicyclic) bond motifs is 1. The number of hydrogen-bond donors (Lipinski definition) is 0. The van der Waals surface area contributed by atoms with Gasteiger partial charge in [0.1, 0.15) is 17.5 Å². The topological polar surface area (TPSA) is 81.4 Å². The molecule has 0 N–H and O–H groups in total. The highest BCUT2D eigenvalue weighted by atomic mass is 16.5. The zero-order valence-electron chi connectivity index (χ0n) is 14.6. The zero-order valence-corrected chi connectivity index (χ0v) is 14.6. The van der Waals surface area contributed by atoms with E-state index in [-0.39, 0.29) is 11.5 Å². The molecule has 2 aromatic carbocycles. The number of pyridine rings is 1. The van der Waals surface area contributed by atoms with Crippen molar-refractivity contribution in [1.82, 2.24) is 4.98 Å². The third kappa shape index (κ3) is 2.91. The molecule has 0 bridgehead atoms. The lowest BCUT2D eigenvalue weighted by molar-refractivity contribution is 0.103. The van der Waals surface area contributed by atoms with Crippen molar-refractivity contribution in [2.45, 2.75) is 0 Å². The van der Waals surface area contributed by atoms with Gasteiger partial charge >= 0.3 is 0 Å². The number of ether oxygens (including phenoxy) is 3. The first-order chi connectivity index (χ1) is 12.6. The van der Waals surface area contributed by atoms with Crippen LogP contribution in [-0.2, 0) is 0 Å². The molecule has 3 rings (SSSR count). The quantitative estimate of drug-likeness (QED) is 0.658. The van der Waals surface area contributed by atoms with Crippen molar-refractivity contribution in [3.63, 3.8) is 0 Å². The number of benzene rings is 2. The highest BCUT2D eigenvalue weighted by molar-refractivity contribution is 6.16. The Labute approximate surface area is 150 Å². The molecule has 0 fully saturated rings. The highest BCUT2D eigenvalue weighted by Crippen LogP contribution is 2.35. The van der Waals surface area contributed by atoms with E-state index < -0.39 is 0 Å². The number of hydrogen-bond acceptors (Lipinski definition) is 6. The summed E-state index contributed by atoms with van der Waals surface area (Å²) >= 11 is 0. The predicted octanol–water partition coefficient (Wildman–Crippen LogP) is 3.36. The largest absolute Gasteiger partial charge is 0.497 e. The second-order valence-corrected chi connectivity index (χ2v) is 5.44. The Morgan fingerprint density at radius 1 is 0.962 bits per heavy atom. The number of ketones is 1. The van der Waals surface area contributed by atoms with Gasteiger partial charge in [-0.3, -0.25) is 9.78 Å². The van der Waals surface area contributed by atoms with Gasteiger partial charge < -0.3 is 14.2 Å². The van der Waals surface area contributed by atoms with Crippen LogP contribution >= 0.6 is 0 Å². The first-order valence-corrected chi connectivity index (χ1v) is 7.76. The van der Waals surface area contributed by atoms with Crippen LogP contribution in [-0.4, -0.2) is 32.1 Å². The average molecular weight is 348 g/mol. The fraction of sp³-hybridized carbons (Fsp3) is 0.150. The third-order valence-electron chi connectivity index (χ3n) is 4.08. The Morgan fingerprint density at radius 2 is 1.58 bits per heavy atom. The Morgan fingerprint density at radius 3 is 2.12 bits per heavy atom. The van der Waals surface area contributed by atoms with Crippen molar-refractivity contribution in [3.8, 4) is 23.3 Å². The van der Waals surface area contributed by atoms with Crippen LogP contribution in [0.4, 0.5) is 0 Å². The van der Waals surface area contributed by atoms with E-state index >= 15 is 0 Å². The van der Waals surface area contributed by atoms with Crippen LogP contribution < -0.4 is 14.2 Å². The van der Waals surface area contributed by atoms with Gasteiger partial charge in [0.15, 0.2) is 11.5 Å². The summed E-state index contributed by atoms with van der Waals surface area (Å²) in [4.78, 5) is 17.2. The lowest BCUT2D eigenvalue weighted by Crippen LogP contribution is -2.06. The second-order valence-electron chi connectivity index (χ2n) is 5.44. The van der Waals surface area contributed by atoms with Crippen molar-refractivity contribution in [2.24, 2.45) is 0 Å². The highest BCUT2D eigenvalue weighted by Gasteiger charge is 2.19. The number of nitrogens with zero attached hydrogens (tertiary/aromatic N) is 2. The van der Waals surface area contributed by atoms with Gasteiger partial charge in [-0.1, -0.05) is 0 Å². The van der Waals surface area contributed by atoms with Crippen LogP contribution in [0.1, 0.15) is 21.6 Å². The molecule has 26 heavy (non-hydrogen) atoms.